The molecule has 15 heavy (non-hydrogen) atoms. The van der Waals surface area contributed by atoms with E-state index in [-0.39, 0.29) is 6.10 Å². The van der Waals surface area contributed by atoms with Gasteiger partial charge < -0.3 is 15.2 Å². The van der Waals surface area contributed by atoms with E-state index in [4.69, 9.17) is 9.84 Å². The molecule has 0 aliphatic heterocycles. The van der Waals surface area contributed by atoms with Crippen LogP contribution in [0.25, 0.3) is 0 Å². The molecular weight excluding hydrogens is 194 g/mol. The van der Waals surface area contributed by atoms with Crippen molar-refractivity contribution < 1.29 is 14.6 Å². The first-order chi connectivity index (χ1) is 7.22. The Morgan fingerprint density at radius 2 is 2.13 bits per heavy atom. The van der Waals surface area contributed by atoms with Gasteiger partial charge in [0, 0.05) is 0 Å². The Morgan fingerprint density at radius 3 is 2.73 bits per heavy atom. The summed E-state index contributed by atoms with van der Waals surface area (Å²) in [4.78, 5) is 10.8. The van der Waals surface area contributed by atoms with Crippen LogP contribution in [-0.4, -0.2) is 30.3 Å². The maximum absolute atomic E-state index is 10.8. The van der Waals surface area contributed by atoms with Crippen LogP contribution < -0.4 is 10.1 Å². The maximum atomic E-state index is 10.8. The molecule has 82 valence electrons. The van der Waals surface area contributed by atoms with Crippen LogP contribution in [0.4, 0.5) is 0 Å². The largest absolute Gasteiger partial charge is 0.489 e. The topological polar surface area (TPSA) is 58.6 Å². The standard InChI is InChI=1S/C11H15NO3/c1-9(7-12-11(14)8-13)15-10-5-3-2-4-6-10/h2-6,9,13H,7-8H2,1H3,(H,12,14). The van der Waals surface area contributed by atoms with Crippen LogP contribution in [0.2, 0.25) is 0 Å². The van der Waals surface area contributed by atoms with Crippen LogP contribution >= 0.6 is 0 Å². The number of rotatable bonds is 5. The molecule has 0 radical (unpaired) electrons. The number of nitrogens with one attached hydrogen (secondary N) is 1. The predicted octanol–water partition coefficient (Wildman–Crippen LogP) is 0.562. The molecule has 4 nitrogen and oxygen atoms in total. The number of amides is 1. The van der Waals surface area contributed by atoms with E-state index in [1.54, 1.807) is 0 Å². The third-order valence-corrected chi connectivity index (χ3v) is 1.81. The maximum Gasteiger partial charge on any atom is 0.245 e. The molecule has 0 heterocycles. The number of carbonyl (C=O) groups is 1. The fraction of sp³-hybridized carbons (Fsp3) is 0.364. The molecule has 0 saturated carbocycles. The molecule has 0 bridgehead atoms. The highest BCUT2D eigenvalue weighted by Crippen LogP contribution is 2.10. The van der Waals surface area contributed by atoms with Crippen LogP contribution in [0.15, 0.2) is 30.3 Å². The minimum absolute atomic E-state index is 0.122. The van der Waals surface area contributed by atoms with Gasteiger partial charge in [0.05, 0.1) is 6.54 Å². The Balaban J connectivity index is 2.30. The number of benzene rings is 1. The number of aliphatic hydroxyl groups excluding tert-OH is 1. The fourth-order valence-electron chi connectivity index (χ4n) is 1.09. The van der Waals surface area contributed by atoms with Crippen LogP contribution in [-0.2, 0) is 4.79 Å². The molecule has 1 aromatic carbocycles. The minimum atomic E-state index is -0.488. The summed E-state index contributed by atoms with van der Waals surface area (Å²) in [6, 6.07) is 9.38. The van der Waals surface area contributed by atoms with Crippen molar-refractivity contribution in [2.75, 3.05) is 13.2 Å². The van der Waals surface area contributed by atoms with Crippen molar-refractivity contribution in [3.63, 3.8) is 0 Å². The van der Waals surface area contributed by atoms with Crippen molar-refractivity contribution in [3.05, 3.63) is 30.3 Å². The lowest BCUT2D eigenvalue weighted by molar-refractivity contribution is -0.124. The van der Waals surface area contributed by atoms with E-state index in [1.807, 2.05) is 37.3 Å². The van der Waals surface area contributed by atoms with Gasteiger partial charge in [-0.25, -0.2) is 0 Å². The number of para-hydroxylation sites is 1. The number of carbonyl (C=O) groups excluding carboxylic acids is 1. The lowest BCUT2D eigenvalue weighted by Crippen LogP contribution is -2.35. The van der Waals surface area contributed by atoms with E-state index in [0.717, 1.165) is 5.75 Å². The zero-order valence-corrected chi connectivity index (χ0v) is 8.64. The van der Waals surface area contributed by atoms with Crippen LogP contribution in [0, 0.1) is 0 Å². The van der Waals surface area contributed by atoms with Gasteiger partial charge in [-0.1, -0.05) is 18.2 Å². The number of hydrogen-bond donors (Lipinski definition) is 2. The summed E-state index contributed by atoms with van der Waals surface area (Å²) in [5.41, 5.74) is 0. The molecule has 0 aliphatic carbocycles. The van der Waals surface area contributed by atoms with Crippen LogP contribution in [0.5, 0.6) is 5.75 Å². The summed E-state index contributed by atoms with van der Waals surface area (Å²) in [5.74, 6) is 0.377. The lowest BCUT2D eigenvalue weighted by atomic mass is 10.3. The van der Waals surface area contributed by atoms with Crippen molar-refractivity contribution in [2.45, 2.75) is 13.0 Å². The third kappa shape index (κ3) is 4.46. The van der Waals surface area contributed by atoms with Gasteiger partial charge >= 0.3 is 0 Å². The molecule has 1 amide bonds. The molecule has 0 spiro atoms. The molecule has 0 aromatic heterocycles. The lowest BCUT2D eigenvalue weighted by Gasteiger charge is -2.14. The van der Waals surface area contributed by atoms with Crippen molar-refractivity contribution in [3.8, 4) is 5.75 Å². The third-order valence-electron chi connectivity index (χ3n) is 1.81. The van der Waals surface area contributed by atoms with E-state index in [2.05, 4.69) is 5.32 Å². The Morgan fingerprint density at radius 1 is 1.47 bits per heavy atom. The Bertz CT molecular complexity index is 300. The summed E-state index contributed by atoms with van der Waals surface area (Å²) < 4.78 is 5.51. The zero-order chi connectivity index (χ0) is 11.1. The molecule has 0 fully saturated rings. The Kier molecular flexibility index (Phi) is 4.63. The first kappa shape index (κ1) is 11.5. The molecular formula is C11H15NO3. The van der Waals surface area contributed by atoms with Crippen LogP contribution in [0.3, 0.4) is 0 Å². The monoisotopic (exact) mass is 209 g/mol. The van der Waals surface area contributed by atoms with Crippen molar-refractivity contribution >= 4 is 5.91 Å². The van der Waals surface area contributed by atoms with Gasteiger partial charge in [-0.3, -0.25) is 4.79 Å². The summed E-state index contributed by atoms with van der Waals surface area (Å²) >= 11 is 0. The molecule has 1 rings (SSSR count). The summed E-state index contributed by atoms with van der Waals surface area (Å²) in [5, 5.41) is 11.0. The van der Waals surface area contributed by atoms with Gasteiger partial charge in [0.25, 0.3) is 0 Å². The Labute approximate surface area is 88.9 Å². The van der Waals surface area contributed by atoms with Gasteiger partial charge in [0.2, 0.25) is 5.91 Å². The molecule has 1 aromatic rings. The van der Waals surface area contributed by atoms with Gasteiger partial charge in [-0.05, 0) is 19.1 Å². The number of aliphatic hydroxyl groups is 1. The molecule has 1 atom stereocenters. The van der Waals surface area contributed by atoms with Gasteiger partial charge in [0.1, 0.15) is 18.5 Å². The smallest absolute Gasteiger partial charge is 0.245 e. The van der Waals surface area contributed by atoms with E-state index in [9.17, 15) is 4.79 Å². The van der Waals surface area contributed by atoms with Crippen molar-refractivity contribution in [1.82, 2.24) is 5.32 Å². The van der Waals surface area contributed by atoms with E-state index in [1.165, 1.54) is 0 Å². The SMILES string of the molecule is CC(CNC(=O)CO)Oc1ccccc1. The summed E-state index contributed by atoms with van der Waals surface area (Å²) in [6.07, 6.45) is -0.122. The van der Waals surface area contributed by atoms with E-state index < -0.39 is 12.5 Å². The van der Waals surface area contributed by atoms with Gasteiger partial charge in [-0.2, -0.15) is 0 Å². The minimum Gasteiger partial charge on any atom is -0.489 e. The first-order valence-electron chi connectivity index (χ1n) is 4.81. The fourth-order valence-corrected chi connectivity index (χ4v) is 1.09. The second-order valence-electron chi connectivity index (χ2n) is 3.20. The highest BCUT2D eigenvalue weighted by Gasteiger charge is 2.05. The van der Waals surface area contributed by atoms with Crippen molar-refractivity contribution in [2.24, 2.45) is 0 Å². The van der Waals surface area contributed by atoms with E-state index >= 15 is 0 Å². The van der Waals surface area contributed by atoms with Gasteiger partial charge in [0.15, 0.2) is 0 Å². The summed E-state index contributed by atoms with van der Waals surface area (Å²) in [7, 11) is 0. The predicted molar refractivity (Wildman–Crippen MR) is 56.6 cm³/mol. The summed E-state index contributed by atoms with van der Waals surface area (Å²) in [6.45, 7) is 1.75. The first-order valence-corrected chi connectivity index (χ1v) is 4.81. The number of hydrogen-bond acceptors (Lipinski definition) is 3. The van der Waals surface area contributed by atoms with Crippen LogP contribution in [0.1, 0.15) is 6.92 Å². The quantitative estimate of drug-likeness (QED) is 0.745. The van der Waals surface area contributed by atoms with Crippen molar-refractivity contribution in [1.29, 1.82) is 0 Å². The molecule has 0 saturated heterocycles. The average molecular weight is 209 g/mol. The Hall–Kier alpha value is -1.55. The highest BCUT2D eigenvalue weighted by atomic mass is 16.5. The average Bonchev–Trinajstić information content (AvgIpc) is 2.27. The molecule has 1 unspecified atom stereocenters. The number of ether oxygens (including phenoxy) is 1. The van der Waals surface area contributed by atoms with E-state index in [0.29, 0.717) is 6.54 Å². The highest BCUT2D eigenvalue weighted by molar-refractivity contribution is 5.76. The second-order valence-corrected chi connectivity index (χ2v) is 3.20. The second kappa shape index (κ2) is 6.03. The molecule has 4 heteroatoms. The molecule has 2 N–H and O–H groups in total. The normalized spacial score (nSPS) is 11.9. The molecule has 0 aliphatic rings. The van der Waals surface area contributed by atoms with Gasteiger partial charge in [-0.15, -0.1) is 0 Å². The zero-order valence-electron chi connectivity index (χ0n) is 8.64.